The maximum atomic E-state index is 12.2. The summed E-state index contributed by atoms with van der Waals surface area (Å²) >= 11 is 18.0. The summed E-state index contributed by atoms with van der Waals surface area (Å²) in [4.78, 5) is 15.3. The van der Waals surface area contributed by atoms with Gasteiger partial charge in [-0.2, -0.15) is 0 Å². The molecule has 0 fully saturated rings. The van der Waals surface area contributed by atoms with Gasteiger partial charge in [0.05, 0.1) is 22.2 Å². The van der Waals surface area contributed by atoms with Crippen LogP contribution in [0.4, 0.5) is 5.69 Å². The molecule has 0 spiro atoms. The summed E-state index contributed by atoms with van der Waals surface area (Å²) in [5.41, 5.74) is 2.30. The monoisotopic (exact) mass is 352 g/mol. The minimum absolute atomic E-state index is 0.176. The number of H-pyrrole nitrogens is 1. The minimum atomic E-state index is -0.176. The van der Waals surface area contributed by atoms with Gasteiger partial charge >= 0.3 is 0 Å². The summed E-state index contributed by atoms with van der Waals surface area (Å²) in [5, 5.41) is 5.06. The molecule has 0 aliphatic carbocycles. The van der Waals surface area contributed by atoms with E-state index in [1.807, 2.05) is 12.1 Å². The molecule has 3 nitrogen and oxygen atoms in total. The Morgan fingerprint density at radius 2 is 1.95 bits per heavy atom. The summed E-state index contributed by atoms with van der Waals surface area (Å²) in [6.45, 7) is 0. The first-order valence-corrected chi connectivity index (χ1v) is 7.67. The summed E-state index contributed by atoms with van der Waals surface area (Å²) < 4.78 is 0. The van der Waals surface area contributed by atoms with Crippen molar-refractivity contribution in [2.75, 3.05) is 5.32 Å². The molecule has 0 unspecified atom stereocenters. The van der Waals surface area contributed by atoms with Gasteiger partial charge < -0.3 is 10.3 Å². The first-order valence-electron chi connectivity index (χ1n) is 6.54. The van der Waals surface area contributed by atoms with Crippen LogP contribution >= 0.6 is 34.8 Å². The van der Waals surface area contributed by atoms with E-state index < -0.39 is 0 Å². The van der Waals surface area contributed by atoms with Gasteiger partial charge in [-0.15, -0.1) is 0 Å². The third-order valence-corrected chi connectivity index (χ3v) is 4.36. The second-order valence-corrected chi connectivity index (χ2v) is 6.05. The van der Waals surface area contributed by atoms with Crippen molar-refractivity contribution in [1.29, 1.82) is 0 Å². The predicted molar refractivity (Wildman–Crippen MR) is 92.1 cm³/mol. The van der Waals surface area contributed by atoms with Gasteiger partial charge in [0.15, 0.2) is 0 Å². The number of halogens is 3. The van der Waals surface area contributed by atoms with Crippen molar-refractivity contribution in [3.8, 4) is 0 Å². The number of anilines is 1. The average molecular weight is 354 g/mol. The molecule has 3 aromatic rings. The van der Waals surface area contributed by atoms with Crippen LogP contribution in [-0.2, 0) is 11.2 Å². The molecule has 0 saturated carbocycles. The molecule has 22 heavy (non-hydrogen) atoms. The number of amides is 1. The van der Waals surface area contributed by atoms with Crippen molar-refractivity contribution >= 4 is 57.3 Å². The summed E-state index contributed by atoms with van der Waals surface area (Å²) in [7, 11) is 0. The predicted octanol–water partition coefficient (Wildman–Crippen LogP) is 5.31. The highest BCUT2D eigenvalue weighted by molar-refractivity contribution is 6.44. The van der Waals surface area contributed by atoms with E-state index in [2.05, 4.69) is 10.3 Å². The number of benzene rings is 2. The highest BCUT2D eigenvalue weighted by atomic mass is 35.5. The van der Waals surface area contributed by atoms with E-state index in [4.69, 9.17) is 34.8 Å². The van der Waals surface area contributed by atoms with Gasteiger partial charge in [0.25, 0.3) is 0 Å². The zero-order chi connectivity index (χ0) is 15.7. The lowest BCUT2D eigenvalue weighted by Crippen LogP contribution is -2.14. The Bertz CT molecular complexity index is 858. The van der Waals surface area contributed by atoms with Crippen LogP contribution in [0.1, 0.15) is 5.56 Å². The maximum absolute atomic E-state index is 12.2. The lowest BCUT2D eigenvalue weighted by atomic mass is 10.1. The normalized spacial score (nSPS) is 10.9. The Hall–Kier alpha value is -1.68. The Morgan fingerprint density at radius 3 is 2.77 bits per heavy atom. The van der Waals surface area contributed by atoms with E-state index in [0.29, 0.717) is 20.8 Å². The SMILES string of the molecule is O=C(Cc1c[nH]c2ccc(Cl)cc12)Nc1cccc(Cl)c1Cl. The zero-order valence-electron chi connectivity index (χ0n) is 11.3. The first-order chi connectivity index (χ1) is 10.5. The van der Waals surface area contributed by atoms with Crippen molar-refractivity contribution in [2.24, 2.45) is 0 Å². The number of nitrogens with one attached hydrogen (secondary N) is 2. The van der Waals surface area contributed by atoms with Gasteiger partial charge in [0.1, 0.15) is 0 Å². The molecular formula is C16H11Cl3N2O. The Balaban J connectivity index is 1.81. The van der Waals surface area contributed by atoms with E-state index >= 15 is 0 Å². The number of aromatic amines is 1. The second-order valence-electron chi connectivity index (χ2n) is 4.83. The number of hydrogen-bond donors (Lipinski definition) is 2. The van der Waals surface area contributed by atoms with Gasteiger partial charge in [0, 0.05) is 22.1 Å². The van der Waals surface area contributed by atoms with Crippen LogP contribution in [0.25, 0.3) is 10.9 Å². The Morgan fingerprint density at radius 1 is 1.14 bits per heavy atom. The number of fused-ring (bicyclic) bond motifs is 1. The van der Waals surface area contributed by atoms with Crippen LogP contribution in [0.15, 0.2) is 42.6 Å². The molecule has 6 heteroatoms. The van der Waals surface area contributed by atoms with Crippen molar-refractivity contribution in [2.45, 2.75) is 6.42 Å². The quantitative estimate of drug-likeness (QED) is 0.658. The molecule has 1 amide bonds. The molecule has 1 aromatic heterocycles. The molecule has 0 atom stereocenters. The lowest BCUT2D eigenvalue weighted by Gasteiger charge is -2.08. The molecule has 3 rings (SSSR count). The van der Waals surface area contributed by atoms with Crippen LogP contribution < -0.4 is 5.32 Å². The lowest BCUT2D eigenvalue weighted by molar-refractivity contribution is -0.115. The van der Waals surface area contributed by atoms with Gasteiger partial charge in [-0.25, -0.2) is 0 Å². The van der Waals surface area contributed by atoms with Crippen LogP contribution in [0.3, 0.4) is 0 Å². The number of hydrogen-bond acceptors (Lipinski definition) is 1. The topological polar surface area (TPSA) is 44.9 Å². The molecule has 0 aliphatic rings. The molecule has 2 N–H and O–H groups in total. The molecular weight excluding hydrogens is 343 g/mol. The van der Waals surface area contributed by atoms with Gasteiger partial charge in [-0.3, -0.25) is 4.79 Å². The first kappa shape index (κ1) is 15.2. The summed E-state index contributed by atoms with van der Waals surface area (Å²) in [6.07, 6.45) is 2.02. The molecule has 2 aromatic carbocycles. The number of carbonyl (C=O) groups is 1. The highest BCUT2D eigenvalue weighted by Crippen LogP contribution is 2.30. The van der Waals surface area contributed by atoms with Crippen molar-refractivity contribution in [1.82, 2.24) is 4.98 Å². The van der Waals surface area contributed by atoms with E-state index in [1.165, 1.54) is 0 Å². The number of aromatic nitrogens is 1. The summed E-state index contributed by atoms with van der Waals surface area (Å²) in [6, 6.07) is 10.6. The molecule has 0 aliphatic heterocycles. The fraction of sp³-hybridized carbons (Fsp3) is 0.0625. The fourth-order valence-electron chi connectivity index (χ4n) is 2.26. The third-order valence-electron chi connectivity index (χ3n) is 3.31. The van der Waals surface area contributed by atoms with Gasteiger partial charge in [-0.1, -0.05) is 40.9 Å². The highest BCUT2D eigenvalue weighted by Gasteiger charge is 2.12. The van der Waals surface area contributed by atoms with Crippen molar-refractivity contribution < 1.29 is 4.79 Å². The van der Waals surface area contributed by atoms with Crippen LogP contribution in [-0.4, -0.2) is 10.9 Å². The average Bonchev–Trinajstić information content (AvgIpc) is 2.86. The van der Waals surface area contributed by atoms with E-state index in [1.54, 1.807) is 30.5 Å². The van der Waals surface area contributed by atoms with E-state index in [-0.39, 0.29) is 12.3 Å². The minimum Gasteiger partial charge on any atom is -0.361 e. The van der Waals surface area contributed by atoms with Crippen LogP contribution in [0.2, 0.25) is 15.1 Å². The smallest absolute Gasteiger partial charge is 0.228 e. The summed E-state index contributed by atoms with van der Waals surface area (Å²) in [5.74, 6) is -0.176. The second kappa shape index (κ2) is 6.21. The molecule has 0 bridgehead atoms. The fourth-order valence-corrected chi connectivity index (χ4v) is 2.78. The molecule has 112 valence electrons. The molecule has 0 saturated heterocycles. The number of rotatable bonds is 3. The van der Waals surface area contributed by atoms with E-state index in [9.17, 15) is 4.79 Å². The number of carbonyl (C=O) groups excluding carboxylic acids is 1. The Kier molecular flexibility index (Phi) is 4.30. The van der Waals surface area contributed by atoms with Gasteiger partial charge in [0.2, 0.25) is 5.91 Å². The van der Waals surface area contributed by atoms with E-state index in [0.717, 1.165) is 16.5 Å². The van der Waals surface area contributed by atoms with Crippen LogP contribution in [0.5, 0.6) is 0 Å². The Labute approximate surface area is 142 Å². The van der Waals surface area contributed by atoms with Crippen molar-refractivity contribution in [3.05, 3.63) is 63.2 Å². The standard InChI is InChI=1S/C16H11Cl3N2O/c17-10-4-5-13-11(7-10)9(8-20-13)6-15(22)21-14-3-1-2-12(18)16(14)19/h1-5,7-8,20H,6H2,(H,21,22). The van der Waals surface area contributed by atoms with Crippen LogP contribution in [0, 0.1) is 0 Å². The largest absolute Gasteiger partial charge is 0.361 e. The van der Waals surface area contributed by atoms with Crippen molar-refractivity contribution in [3.63, 3.8) is 0 Å². The maximum Gasteiger partial charge on any atom is 0.228 e. The zero-order valence-corrected chi connectivity index (χ0v) is 13.6. The molecule has 1 heterocycles. The third kappa shape index (κ3) is 3.07. The van der Waals surface area contributed by atoms with Gasteiger partial charge in [-0.05, 0) is 35.9 Å². The molecule has 0 radical (unpaired) electrons.